The Morgan fingerprint density at radius 2 is 1.86 bits per heavy atom. The Morgan fingerprint density at radius 3 is 2.45 bits per heavy atom. The molecule has 0 radical (unpaired) electrons. The first-order chi connectivity index (χ1) is 19.2. The predicted octanol–water partition coefficient (Wildman–Crippen LogP) is -0.147. The fourth-order valence-electron chi connectivity index (χ4n) is 5.59. The van der Waals surface area contributed by atoms with Crippen LogP contribution in [0.4, 0.5) is 4.79 Å². The van der Waals surface area contributed by atoms with E-state index in [-0.39, 0.29) is 60.8 Å². The van der Waals surface area contributed by atoms with Crippen molar-refractivity contribution in [3.8, 4) is 0 Å². The molecule has 1 aliphatic carbocycles. The van der Waals surface area contributed by atoms with E-state index in [2.05, 4.69) is 16.0 Å². The molecule has 1 saturated heterocycles. The summed E-state index contributed by atoms with van der Waals surface area (Å²) in [6, 6.07) is 4.77. The van der Waals surface area contributed by atoms with E-state index in [1.54, 1.807) is 6.07 Å². The third-order valence-electron chi connectivity index (χ3n) is 7.74. The predicted molar refractivity (Wildman–Crippen MR) is 152 cm³/mol. The van der Waals surface area contributed by atoms with Crippen molar-refractivity contribution in [1.82, 2.24) is 16.0 Å². The maximum atomic E-state index is 13.4. The average Bonchev–Trinajstić information content (AvgIpc) is 3.30. The molecule has 11 nitrogen and oxygen atoms in total. The van der Waals surface area contributed by atoms with Gasteiger partial charge in [-0.3, -0.25) is 9.59 Å². The Morgan fingerprint density at radius 1 is 1.17 bits per heavy atom. The molecule has 1 aromatic carbocycles. The number of alkyl carbamates (subject to hydrolysis) is 1. The van der Waals surface area contributed by atoms with Crippen LogP contribution in [-0.2, 0) is 30.9 Å². The monoisotopic (exact) mass is 637 g/mol. The number of rotatable bonds is 13. The number of ether oxygens (including phenoxy) is 1. The minimum Gasteiger partial charge on any atom is -0.746 e. The van der Waals surface area contributed by atoms with Crippen LogP contribution in [0.5, 0.6) is 0 Å². The summed E-state index contributed by atoms with van der Waals surface area (Å²) in [6.07, 6.45) is 5.01. The second-order valence-corrected chi connectivity index (χ2v) is 13.9. The van der Waals surface area contributed by atoms with Crippen LogP contribution < -0.4 is 45.5 Å². The van der Waals surface area contributed by atoms with Crippen molar-refractivity contribution in [2.24, 2.45) is 17.3 Å². The van der Waals surface area contributed by atoms with Gasteiger partial charge in [-0.15, -0.1) is 0 Å². The van der Waals surface area contributed by atoms with Crippen LogP contribution in [0.1, 0.15) is 70.8 Å². The summed E-state index contributed by atoms with van der Waals surface area (Å²) >= 11 is 6.08. The topological polar surface area (TPSA) is 174 Å². The summed E-state index contributed by atoms with van der Waals surface area (Å²) in [7, 11) is -5.20. The van der Waals surface area contributed by atoms with E-state index < -0.39 is 51.0 Å². The van der Waals surface area contributed by atoms with Crippen LogP contribution in [0, 0.1) is 17.3 Å². The number of benzene rings is 1. The molecule has 1 aromatic rings. The van der Waals surface area contributed by atoms with Crippen molar-refractivity contribution in [3.63, 3.8) is 0 Å². The summed E-state index contributed by atoms with van der Waals surface area (Å²) in [5.41, 5.74) is -1.91. The Bertz CT molecular complexity index is 1180. The number of amides is 3. The van der Waals surface area contributed by atoms with Gasteiger partial charge in [0.1, 0.15) is 16.2 Å². The standard InChI is InChI=1S/C28H42ClN3O8S.Na/c1-28(2,16-19-9-6-10-21(29)13-19)17-40-27(36)32-22(14-18-7-4-3-5-8-18)25(34)31-23(26(35)41(37,38)39)15-20-11-12-30-24(20)33;/h6,9-10,13,18,20,22-23,26,35H,3-5,7-8,11-12,14-17H2,1-2H3,(H,30,33)(H,31,34)(H,32,36)(H,37,38,39);/q;+1/p-1/t20-,22-,23-,26?;/m0./s1. The molecule has 1 heterocycles. The largest absolute Gasteiger partial charge is 1.00 e. The van der Waals surface area contributed by atoms with Crippen LogP contribution in [0.15, 0.2) is 24.3 Å². The molecule has 3 amide bonds. The van der Waals surface area contributed by atoms with Crippen molar-refractivity contribution in [2.75, 3.05) is 13.2 Å². The van der Waals surface area contributed by atoms with Gasteiger partial charge in [-0.25, -0.2) is 13.2 Å². The van der Waals surface area contributed by atoms with Gasteiger partial charge in [0.05, 0.1) is 12.6 Å². The zero-order chi connectivity index (χ0) is 30.2. The molecule has 230 valence electrons. The second-order valence-electron chi connectivity index (χ2n) is 12.0. The molecule has 1 unspecified atom stereocenters. The molecule has 2 aliphatic rings. The summed E-state index contributed by atoms with van der Waals surface area (Å²) in [6.45, 7) is 4.29. The Labute approximate surface area is 275 Å². The van der Waals surface area contributed by atoms with E-state index in [4.69, 9.17) is 16.3 Å². The van der Waals surface area contributed by atoms with Crippen LogP contribution in [0.3, 0.4) is 0 Å². The quantitative estimate of drug-likeness (QED) is 0.171. The van der Waals surface area contributed by atoms with Gasteiger partial charge < -0.3 is 30.3 Å². The average molecular weight is 638 g/mol. The van der Waals surface area contributed by atoms with Gasteiger partial charge in [-0.1, -0.05) is 69.7 Å². The molecule has 4 atom stereocenters. The SMILES string of the molecule is CC(C)(COC(=O)N[C@@H](CC1CCCCC1)C(=O)N[C@@H](C[C@@H]1CCNC1=O)C(O)S(=O)(=O)[O-])Cc1cccc(Cl)c1.[Na+]. The smallest absolute Gasteiger partial charge is 0.746 e. The number of halogens is 1. The molecule has 1 saturated carbocycles. The number of aliphatic hydroxyl groups excluding tert-OH is 1. The molecule has 1 aliphatic heterocycles. The molecular weight excluding hydrogens is 597 g/mol. The van der Waals surface area contributed by atoms with Gasteiger partial charge in [0.25, 0.3) is 0 Å². The van der Waals surface area contributed by atoms with Crippen LogP contribution in [-0.4, -0.2) is 66.7 Å². The van der Waals surface area contributed by atoms with E-state index in [0.29, 0.717) is 24.4 Å². The van der Waals surface area contributed by atoms with E-state index >= 15 is 0 Å². The zero-order valence-electron chi connectivity index (χ0n) is 24.6. The van der Waals surface area contributed by atoms with Gasteiger partial charge in [0.15, 0.2) is 5.44 Å². The van der Waals surface area contributed by atoms with Crippen molar-refractivity contribution in [1.29, 1.82) is 0 Å². The van der Waals surface area contributed by atoms with Gasteiger partial charge in [-0.2, -0.15) is 0 Å². The van der Waals surface area contributed by atoms with Crippen molar-refractivity contribution in [2.45, 2.75) is 89.2 Å². The minimum atomic E-state index is -5.20. The molecule has 4 N–H and O–H groups in total. The molecule has 3 rings (SSSR count). The number of carbonyl (C=O) groups excluding carboxylic acids is 3. The molecule has 0 aromatic heterocycles. The first-order valence-corrected chi connectivity index (χ1v) is 16.0. The van der Waals surface area contributed by atoms with Crippen LogP contribution in [0.25, 0.3) is 0 Å². The van der Waals surface area contributed by atoms with Gasteiger partial charge in [0, 0.05) is 22.9 Å². The van der Waals surface area contributed by atoms with E-state index in [0.717, 1.165) is 37.7 Å². The maximum Gasteiger partial charge on any atom is 1.00 e. The first kappa shape index (κ1) is 36.8. The molecule has 14 heteroatoms. The second kappa shape index (κ2) is 16.6. The summed E-state index contributed by atoms with van der Waals surface area (Å²) in [5, 5.41) is 18.5. The fourth-order valence-corrected chi connectivity index (χ4v) is 6.39. The Balaban J connectivity index is 0.00000616. The Hall–Kier alpha value is -1.41. The number of aliphatic hydroxyl groups is 1. The number of nitrogens with one attached hydrogen (secondary N) is 3. The van der Waals surface area contributed by atoms with Gasteiger partial charge in [-0.05, 0) is 49.3 Å². The van der Waals surface area contributed by atoms with E-state index in [1.165, 1.54) is 0 Å². The van der Waals surface area contributed by atoms with E-state index in [1.807, 2.05) is 32.0 Å². The zero-order valence-corrected chi connectivity index (χ0v) is 28.1. The van der Waals surface area contributed by atoms with Crippen molar-refractivity contribution in [3.05, 3.63) is 34.9 Å². The normalized spacial score (nSPS) is 20.0. The summed E-state index contributed by atoms with van der Waals surface area (Å²) in [4.78, 5) is 38.4. The Kier molecular flexibility index (Phi) is 14.5. The van der Waals surface area contributed by atoms with E-state index in [9.17, 15) is 32.5 Å². The number of hydrogen-bond donors (Lipinski definition) is 4. The number of carbonyl (C=O) groups is 3. The maximum absolute atomic E-state index is 13.4. The first-order valence-electron chi connectivity index (χ1n) is 14.1. The van der Waals surface area contributed by atoms with Crippen LogP contribution >= 0.6 is 11.6 Å². The summed E-state index contributed by atoms with van der Waals surface area (Å²) in [5.74, 6) is -1.63. The molecule has 0 bridgehead atoms. The molecule has 2 fully saturated rings. The number of hydrogen-bond acceptors (Lipinski definition) is 8. The third-order valence-corrected chi connectivity index (χ3v) is 8.89. The van der Waals surface area contributed by atoms with Crippen LogP contribution in [0.2, 0.25) is 5.02 Å². The fraction of sp³-hybridized carbons (Fsp3) is 0.679. The van der Waals surface area contributed by atoms with Gasteiger partial charge in [0.2, 0.25) is 11.8 Å². The molecule has 42 heavy (non-hydrogen) atoms. The minimum absolute atomic E-state index is 0. The summed E-state index contributed by atoms with van der Waals surface area (Å²) < 4.78 is 40.4. The van der Waals surface area contributed by atoms with Crippen molar-refractivity contribution < 1.29 is 66.8 Å². The van der Waals surface area contributed by atoms with Gasteiger partial charge >= 0.3 is 35.7 Å². The molecule has 0 spiro atoms. The van der Waals surface area contributed by atoms with Crippen molar-refractivity contribution >= 4 is 39.6 Å². The third kappa shape index (κ3) is 11.9. The molecular formula is C28H41ClN3NaO8S.